The lowest BCUT2D eigenvalue weighted by atomic mass is 10.1. The van der Waals surface area contributed by atoms with Crippen molar-refractivity contribution >= 4 is 6.08 Å². The number of hydrogen-bond acceptors (Lipinski definition) is 5. The first-order valence-corrected chi connectivity index (χ1v) is 8.57. The Morgan fingerprint density at radius 3 is 2.79 bits per heavy atom. The highest BCUT2D eigenvalue weighted by Crippen LogP contribution is 2.28. The van der Waals surface area contributed by atoms with Crippen LogP contribution < -0.4 is 9.47 Å². The summed E-state index contributed by atoms with van der Waals surface area (Å²) in [4.78, 5) is 4.64. The van der Waals surface area contributed by atoms with Crippen LogP contribution in [0.25, 0.3) is 6.08 Å². The zero-order chi connectivity index (χ0) is 17.5. The number of methoxy groups -OCH3 is 1. The standard InChI is InChI=1S/C19H30N2O3/c1-5-6-16-7-8-18(19(11-16)23-4)24-14-17(22)13-21-10-9-20(3)12-15(21)2/h5-8,11,15,17,22H,9-10,12-14H2,1-4H3/b6-5+. The van der Waals surface area contributed by atoms with Gasteiger partial charge in [0.1, 0.15) is 12.7 Å². The first-order valence-electron chi connectivity index (χ1n) is 8.57. The molecule has 2 atom stereocenters. The van der Waals surface area contributed by atoms with E-state index >= 15 is 0 Å². The third kappa shape index (κ3) is 5.23. The lowest BCUT2D eigenvalue weighted by Crippen LogP contribution is -2.53. The highest BCUT2D eigenvalue weighted by atomic mass is 16.5. The third-order valence-corrected chi connectivity index (χ3v) is 4.39. The molecule has 5 nitrogen and oxygen atoms in total. The normalized spacial score (nSPS) is 21.1. The van der Waals surface area contributed by atoms with Gasteiger partial charge < -0.3 is 19.5 Å². The molecule has 0 bridgehead atoms. The third-order valence-electron chi connectivity index (χ3n) is 4.39. The molecule has 0 amide bonds. The number of hydrogen-bond donors (Lipinski definition) is 1. The molecule has 1 aliphatic heterocycles. The second-order valence-corrected chi connectivity index (χ2v) is 6.48. The van der Waals surface area contributed by atoms with Crippen LogP contribution in [0.3, 0.4) is 0 Å². The Kier molecular flexibility index (Phi) is 7.09. The van der Waals surface area contributed by atoms with E-state index < -0.39 is 6.10 Å². The summed E-state index contributed by atoms with van der Waals surface area (Å²) in [7, 11) is 3.76. The topological polar surface area (TPSA) is 45.2 Å². The average molecular weight is 334 g/mol. The molecule has 1 heterocycles. The van der Waals surface area contributed by atoms with Crippen LogP contribution in [0.15, 0.2) is 24.3 Å². The van der Waals surface area contributed by atoms with Crippen LogP contribution in [0.4, 0.5) is 0 Å². The lowest BCUT2D eigenvalue weighted by molar-refractivity contribution is 0.0269. The minimum atomic E-state index is -0.518. The van der Waals surface area contributed by atoms with Crippen molar-refractivity contribution in [3.05, 3.63) is 29.8 Å². The fraction of sp³-hybridized carbons (Fsp3) is 0.579. The molecule has 5 heteroatoms. The number of nitrogens with zero attached hydrogens (tertiary/aromatic N) is 2. The van der Waals surface area contributed by atoms with Gasteiger partial charge in [-0.2, -0.15) is 0 Å². The zero-order valence-corrected chi connectivity index (χ0v) is 15.2. The van der Waals surface area contributed by atoms with E-state index in [2.05, 4.69) is 23.8 Å². The van der Waals surface area contributed by atoms with Gasteiger partial charge in [-0.15, -0.1) is 0 Å². The summed E-state index contributed by atoms with van der Waals surface area (Å²) < 4.78 is 11.2. The minimum absolute atomic E-state index is 0.262. The van der Waals surface area contributed by atoms with Crippen molar-refractivity contribution in [1.82, 2.24) is 9.80 Å². The molecule has 24 heavy (non-hydrogen) atoms. The number of allylic oxidation sites excluding steroid dienone is 1. The maximum atomic E-state index is 10.3. The van der Waals surface area contributed by atoms with E-state index in [0.717, 1.165) is 25.2 Å². The van der Waals surface area contributed by atoms with Gasteiger partial charge in [0, 0.05) is 32.2 Å². The van der Waals surface area contributed by atoms with Gasteiger partial charge in [-0.05, 0) is 38.6 Å². The molecule has 0 aromatic heterocycles. The number of β-amino-alcohol motifs (C(OH)–C–C–N with tert-alkyl or cyclic N) is 1. The van der Waals surface area contributed by atoms with Gasteiger partial charge in [-0.3, -0.25) is 4.90 Å². The molecule has 1 aliphatic rings. The number of rotatable bonds is 7. The Hall–Kier alpha value is -1.56. The Morgan fingerprint density at radius 2 is 2.12 bits per heavy atom. The Labute approximate surface area is 145 Å². The summed E-state index contributed by atoms with van der Waals surface area (Å²) in [6.45, 7) is 8.13. The number of benzene rings is 1. The van der Waals surface area contributed by atoms with Gasteiger partial charge in [0.25, 0.3) is 0 Å². The summed E-state index contributed by atoms with van der Waals surface area (Å²) in [5.41, 5.74) is 1.06. The molecule has 2 rings (SSSR count). The number of aliphatic hydroxyl groups is 1. The van der Waals surface area contributed by atoms with E-state index in [1.165, 1.54) is 0 Å². The summed E-state index contributed by atoms with van der Waals surface area (Å²) in [6, 6.07) is 6.25. The van der Waals surface area contributed by atoms with Gasteiger partial charge in [-0.1, -0.05) is 18.2 Å². The number of piperazine rings is 1. The quantitative estimate of drug-likeness (QED) is 0.827. The molecule has 0 radical (unpaired) electrons. The van der Waals surface area contributed by atoms with Crippen LogP contribution in [0, 0.1) is 0 Å². The lowest BCUT2D eigenvalue weighted by Gasteiger charge is -2.39. The second-order valence-electron chi connectivity index (χ2n) is 6.48. The molecule has 0 saturated carbocycles. The fourth-order valence-corrected chi connectivity index (χ4v) is 3.06. The van der Waals surface area contributed by atoms with Crippen LogP contribution in [-0.4, -0.2) is 74.0 Å². The Bertz CT molecular complexity index is 547. The molecule has 0 aliphatic carbocycles. The molecule has 1 aromatic carbocycles. The van der Waals surface area contributed by atoms with Crippen molar-refractivity contribution < 1.29 is 14.6 Å². The van der Waals surface area contributed by atoms with E-state index in [1.54, 1.807) is 7.11 Å². The van der Waals surface area contributed by atoms with Crippen LogP contribution in [0.2, 0.25) is 0 Å². The van der Waals surface area contributed by atoms with E-state index in [4.69, 9.17) is 9.47 Å². The van der Waals surface area contributed by atoms with Gasteiger partial charge in [-0.25, -0.2) is 0 Å². The maximum Gasteiger partial charge on any atom is 0.161 e. The monoisotopic (exact) mass is 334 g/mol. The SMILES string of the molecule is C/C=C/c1ccc(OCC(O)CN2CCN(C)CC2C)c(OC)c1. The van der Waals surface area contributed by atoms with E-state index in [-0.39, 0.29) is 6.61 Å². The number of ether oxygens (including phenoxy) is 2. The molecular weight excluding hydrogens is 304 g/mol. The molecule has 134 valence electrons. The molecule has 2 unspecified atom stereocenters. The van der Waals surface area contributed by atoms with E-state index in [0.29, 0.717) is 24.1 Å². The first-order chi connectivity index (χ1) is 11.5. The first kappa shape index (κ1) is 18.8. The summed E-state index contributed by atoms with van der Waals surface area (Å²) in [5.74, 6) is 1.35. The van der Waals surface area contributed by atoms with Gasteiger partial charge in [0.2, 0.25) is 0 Å². The van der Waals surface area contributed by atoms with Crippen molar-refractivity contribution in [2.24, 2.45) is 0 Å². The molecule has 0 spiro atoms. The smallest absolute Gasteiger partial charge is 0.161 e. The molecule has 1 aromatic rings. The number of aliphatic hydroxyl groups excluding tert-OH is 1. The molecule has 1 fully saturated rings. The van der Waals surface area contributed by atoms with Crippen LogP contribution in [0.1, 0.15) is 19.4 Å². The Balaban J connectivity index is 1.88. The van der Waals surface area contributed by atoms with Crippen LogP contribution in [0.5, 0.6) is 11.5 Å². The summed E-state index contributed by atoms with van der Waals surface area (Å²) in [5, 5.41) is 10.3. The summed E-state index contributed by atoms with van der Waals surface area (Å²) in [6.07, 6.45) is 3.47. The summed E-state index contributed by atoms with van der Waals surface area (Å²) >= 11 is 0. The molecular formula is C19H30N2O3. The van der Waals surface area contributed by atoms with Crippen LogP contribution >= 0.6 is 0 Å². The van der Waals surface area contributed by atoms with Gasteiger partial charge in [0.05, 0.1) is 7.11 Å². The van der Waals surface area contributed by atoms with Crippen molar-refractivity contribution in [3.63, 3.8) is 0 Å². The van der Waals surface area contributed by atoms with E-state index in [1.807, 2.05) is 37.3 Å². The van der Waals surface area contributed by atoms with Crippen molar-refractivity contribution in [2.75, 3.05) is 46.9 Å². The average Bonchev–Trinajstić information content (AvgIpc) is 2.56. The fourth-order valence-electron chi connectivity index (χ4n) is 3.06. The van der Waals surface area contributed by atoms with E-state index in [9.17, 15) is 5.11 Å². The molecule has 1 N–H and O–H groups in total. The largest absolute Gasteiger partial charge is 0.493 e. The van der Waals surface area contributed by atoms with Crippen LogP contribution in [-0.2, 0) is 0 Å². The highest BCUT2D eigenvalue weighted by Gasteiger charge is 2.23. The zero-order valence-electron chi connectivity index (χ0n) is 15.2. The Morgan fingerprint density at radius 1 is 1.33 bits per heavy atom. The number of likely N-dealkylation sites (N-methyl/N-ethyl adjacent to an activating group) is 1. The van der Waals surface area contributed by atoms with Crippen molar-refractivity contribution in [1.29, 1.82) is 0 Å². The predicted octanol–water partition coefficient (Wildman–Crippen LogP) is 2.10. The van der Waals surface area contributed by atoms with Crippen molar-refractivity contribution in [3.8, 4) is 11.5 Å². The highest BCUT2D eigenvalue weighted by molar-refractivity contribution is 5.55. The van der Waals surface area contributed by atoms with Crippen molar-refractivity contribution in [2.45, 2.75) is 26.0 Å². The second kappa shape index (κ2) is 9.06. The van der Waals surface area contributed by atoms with Gasteiger partial charge in [0.15, 0.2) is 11.5 Å². The predicted molar refractivity (Wildman–Crippen MR) is 97.7 cm³/mol. The minimum Gasteiger partial charge on any atom is -0.493 e. The van der Waals surface area contributed by atoms with Gasteiger partial charge >= 0.3 is 0 Å². The maximum absolute atomic E-state index is 10.3. The molecule has 1 saturated heterocycles.